The zero-order chi connectivity index (χ0) is 17.9. The summed E-state index contributed by atoms with van der Waals surface area (Å²) < 4.78 is 26.5. The molecule has 0 saturated heterocycles. The molecule has 1 N–H and O–H groups in total. The minimum Gasteiger partial charge on any atom is -0.282 e. The molecule has 24 heavy (non-hydrogen) atoms. The van der Waals surface area contributed by atoms with Gasteiger partial charge in [-0.2, -0.15) is 0 Å². The second-order valence-electron chi connectivity index (χ2n) is 4.71. The van der Waals surface area contributed by atoms with Crippen molar-refractivity contribution in [2.75, 3.05) is 4.72 Å². The number of hydrogen-bond acceptors (Lipinski definition) is 6. The van der Waals surface area contributed by atoms with Crippen LogP contribution in [0, 0.1) is 20.2 Å². The molecule has 0 bridgehead atoms. The summed E-state index contributed by atoms with van der Waals surface area (Å²) in [5.74, 6) is -0.548. The maximum absolute atomic E-state index is 12.2. The fraction of sp³-hybridized carbons (Fsp3) is 0.0769. The van der Waals surface area contributed by atoms with E-state index in [0.29, 0.717) is 0 Å². The van der Waals surface area contributed by atoms with Crippen LogP contribution in [-0.2, 0) is 15.8 Å². The van der Waals surface area contributed by atoms with Gasteiger partial charge in [-0.25, -0.2) is 8.42 Å². The van der Waals surface area contributed by atoms with Gasteiger partial charge in [0.25, 0.3) is 11.4 Å². The minimum absolute atomic E-state index is 0.0109. The highest BCUT2D eigenvalue weighted by Gasteiger charge is 2.18. The first kappa shape index (κ1) is 17.6. The van der Waals surface area contributed by atoms with Crippen molar-refractivity contribution < 1.29 is 18.3 Å². The van der Waals surface area contributed by atoms with Gasteiger partial charge < -0.3 is 0 Å². The van der Waals surface area contributed by atoms with E-state index in [1.807, 2.05) is 0 Å². The fourth-order valence-corrected chi connectivity index (χ4v) is 3.30. The van der Waals surface area contributed by atoms with Crippen LogP contribution in [0.5, 0.6) is 0 Å². The third-order valence-corrected chi connectivity index (χ3v) is 4.48. The van der Waals surface area contributed by atoms with Gasteiger partial charge in [-0.1, -0.05) is 23.7 Å². The summed E-state index contributed by atoms with van der Waals surface area (Å²) in [6, 6.07) is 8.48. The van der Waals surface area contributed by atoms with Crippen molar-refractivity contribution >= 4 is 38.7 Å². The number of halogens is 1. The number of hydrogen-bond donors (Lipinski definition) is 1. The Kier molecular flexibility index (Phi) is 5.00. The third kappa shape index (κ3) is 4.40. The highest BCUT2D eigenvalue weighted by atomic mass is 35.5. The molecule has 0 fully saturated rings. The number of nitro groups is 2. The Hall–Kier alpha value is -2.72. The van der Waals surface area contributed by atoms with Gasteiger partial charge in [0, 0.05) is 24.3 Å². The van der Waals surface area contributed by atoms with Gasteiger partial charge in [-0.15, -0.1) is 0 Å². The van der Waals surface area contributed by atoms with E-state index >= 15 is 0 Å². The van der Waals surface area contributed by atoms with E-state index in [9.17, 15) is 28.6 Å². The highest BCUT2D eigenvalue weighted by Crippen LogP contribution is 2.28. The van der Waals surface area contributed by atoms with Crippen LogP contribution in [0.4, 0.5) is 17.1 Å². The molecule has 126 valence electrons. The van der Waals surface area contributed by atoms with E-state index in [1.165, 1.54) is 24.3 Å². The first-order valence-corrected chi connectivity index (χ1v) is 8.39. The van der Waals surface area contributed by atoms with Crippen LogP contribution in [0.25, 0.3) is 0 Å². The van der Waals surface area contributed by atoms with E-state index < -0.39 is 25.6 Å². The lowest BCUT2D eigenvalue weighted by Gasteiger charge is -2.09. The van der Waals surface area contributed by atoms with Gasteiger partial charge >= 0.3 is 0 Å². The summed E-state index contributed by atoms with van der Waals surface area (Å²) >= 11 is 5.84. The molecule has 0 aliphatic carbocycles. The average Bonchev–Trinajstić information content (AvgIpc) is 2.48. The monoisotopic (exact) mass is 371 g/mol. The topological polar surface area (TPSA) is 132 Å². The largest absolute Gasteiger partial charge is 0.282 e. The van der Waals surface area contributed by atoms with Crippen LogP contribution in [0.3, 0.4) is 0 Å². The lowest BCUT2D eigenvalue weighted by molar-refractivity contribution is -0.385. The predicted octanol–water partition coefficient (Wildman–Crippen LogP) is 3.10. The maximum atomic E-state index is 12.2. The van der Waals surface area contributed by atoms with Gasteiger partial charge in [-0.05, 0) is 11.6 Å². The molecular formula is C13H10ClN3O6S. The molecule has 0 unspecified atom stereocenters. The van der Waals surface area contributed by atoms with Crippen molar-refractivity contribution in [3.05, 3.63) is 73.3 Å². The molecule has 9 nitrogen and oxygen atoms in total. The van der Waals surface area contributed by atoms with E-state index in [4.69, 9.17) is 11.6 Å². The van der Waals surface area contributed by atoms with Gasteiger partial charge in [0.15, 0.2) is 0 Å². The van der Waals surface area contributed by atoms with E-state index in [0.717, 1.165) is 18.2 Å². The molecule has 0 atom stereocenters. The summed E-state index contributed by atoms with van der Waals surface area (Å²) in [6.07, 6.45) is 0. The average molecular weight is 372 g/mol. The number of rotatable bonds is 6. The van der Waals surface area contributed by atoms with Crippen molar-refractivity contribution in [1.82, 2.24) is 0 Å². The first-order valence-electron chi connectivity index (χ1n) is 6.36. The SMILES string of the molecule is O=[N+]([O-])c1cccc(CS(=O)(=O)Nc2cc([N+](=O)[O-])ccc2Cl)c1. The Bertz CT molecular complexity index is 916. The Labute approximate surface area is 141 Å². The second-order valence-corrected chi connectivity index (χ2v) is 6.84. The summed E-state index contributed by atoms with van der Waals surface area (Å²) in [6.45, 7) is 0. The summed E-state index contributed by atoms with van der Waals surface area (Å²) in [7, 11) is -3.97. The third-order valence-electron chi connectivity index (χ3n) is 2.90. The number of nitrogens with one attached hydrogen (secondary N) is 1. The number of nitro benzene ring substituents is 2. The fourth-order valence-electron chi connectivity index (χ4n) is 1.89. The van der Waals surface area contributed by atoms with Gasteiger partial charge in [-0.3, -0.25) is 25.0 Å². The summed E-state index contributed by atoms with van der Waals surface area (Å²) in [5, 5.41) is 21.4. The van der Waals surface area contributed by atoms with E-state index in [2.05, 4.69) is 4.72 Å². The molecule has 2 aromatic carbocycles. The molecular weight excluding hydrogens is 362 g/mol. The Morgan fingerprint density at radius 2 is 1.62 bits per heavy atom. The Morgan fingerprint density at radius 1 is 1.00 bits per heavy atom. The first-order chi connectivity index (χ1) is 11.2. The smallest absolute Gasteiger partial charge is 0.271 e. The normalized spacial score (nSPS) is 11.0. The van der Waals surface area contributed by atoms with Crippen molar-refractivity contribution in [3.63, 3.8) is 0 Å². The molecule has 0 aliphatic rings. The molecule has 0 amide bonds. The van der Waals surface area contributed by atoms with Crippen LogP contribution in [0.1, 0.15) is 5.56 Å². The van der Waals surface area contributed by atoms with Crippen molar-refractivity contribution in [1.29, 1.82) is 0 Å². The Morgan fingerprint density at radius 3 is 2.25 bits per heavy atom. The number of nitrogens with zero attached hydrogens (tertiary/aromatic N) is 2. The van der Waals surface area contributed by atoms with Gasteiger partial charge in [0.05, 0.1) is 26.3 Å². The minimum atomic E-state index is -3.97. The molecule has 0 aromatic heterocycles. The van der Waals surface area contributed by atoms with Crippen LogP contribution in [0.15, 0.2) is 42.5 Å². The number of anilines is 1. The quantitative estimate of drug-likeness (QED) is 0.612. The molecule has 11 heteroatoms. The molecule has 2 rings (SSSR count). The summed E-state index contributed by atoms with van der Waals surface area (Å²) in [4.78, 5) is 20.1. The molecule has 0 spiro atoms. The van der Waals surface area contributed by atoms with Crippen molar-refractivity contribution in [2.24, 2.45) is 0 Å². The van der Waals surface area contributed by atoms with Gasteiger partial charge in [0.2, 0.25) is 10.0 Å². The zero-order valence-corrected chi connectivity index (χ0v) is 13.5. The molecule has 2 aromatic rings. The van der Waals surface area contributed by atoms with Gasteiger partial charge in [0.1, 0.15) is 0 Å². The van der Waals surface area contributed by atoms with Crippen LogP contribution in [0.2, 0.25) is 5.02 Å². The van der Waals surface area contributed by atoms with E-state index in [1.54, 1.807) is 0 Å². The lowest BCUT2D eigenvalue weighted by atomic mass is 10.2. The predicted molar refractivity (Wildman–Crippen MR) is 87.4 cm³/mol. The van der Waals surface area contributed by atoms with Crippen LogP contribution < -0.4 is 4.72 Å². The molecule has 0 radical (unpaired) electrons. The summed E-state index contributed by atoms with van der Waals surface area (Å²) in [5.41, 5.74) is -0.516. The standard InChI is InChI=1S/C13H10ClN3O6S/c14-12-5-4-11(17(20)21)7-13(12)15-24(22,23)8-9-2-1-3-10(6-9)16(18)19/h1-7,15H,8H2. The number of non-ortho nitro benzene ring substituents is 2. The highest BCUT2D eigenvalue weighted by molar-refractivity contribution is 7.91. The van der Waals surface area contributed by atoms with Crippen molar-refractivity contribution in [3.8, 4) is 0 Å². The Balaban J connectivity index is 2.26. The molecule has 0 aliphatic heterocycles. The maximum Gasteiger partial charge on any atom is 0.271 e. The van der Waals surface area contributed by atoms with E-state index in [-0.39, 0.29) is 27.6 Å². The number of sulfonamides is 1. The zero-order valence-electron chi connectivity index (χ0n) is 11.9. The van der Waals surface area contributed by atoms with Crippen molar-refractivity contribution in [2.45, 2.75) is 5.75 Å². The lowest BCUT2D eigenvalue weighted by Crippen LogP contribution is -2.15. The molecule has 0 heterocycles. The van der Waals surface area contributed by atoms with Crippen LogP contribution >= 0.6 is 11.6 Å². The number of benzene rings is 2. The van der Waals surface area contributed by atoms with Crippen LogP contribution in [-0.4, -0.2) is 18.3 Å². The second kappa shape index (κ2) is 6.81. The molecule has 0 saturated carbocycles.